The molecule has 6 heteroatoms. The number of hydrogen-bond acceptors (Lipinski definition) is 5. The van der Waals surface area contributed by atoms with E-state index in [1.807, 2.05) is 5.38 Å². The summed E-state index contributed by atoms with van der Waals surface area (Å²) < 4.78 is 0. The molecule has 2 heterocycles. The Morgan fingerprint density at radius 3 is 3.12 bits per heavy atom. The first-order valence-corrected chi connectivity index (χ1v) is 7.80. The number of nitrogens with zero attached hydrogens (tertiary/aromatic N) is 1. The molecule has 1 saturated heterocycles. The molecule has 1 amide bonds. The minimum Gasteiger partial charge on any atom is -0.350 e. The topological polar surface area (TPSA) is 54.0 Å². The third kappa shape index (κ3) is 4.65. The highest BCUT2D eigenvalue weighted by molar-refractivity contribution is 8.00. The van der Waals surface area contributed by atoms with Crippen molar-refractivity contribution in [1.29, 1.82) is 0 Å². The van der Waals surface area contributed by atoms with E-state index in [4.69, 9.17) is 0 Å². The van der Waals surface area contributed by atoms with Crippen LogP contribution < -0.4 is 10.6 Å². The second-order valence-electron chi connectivity index (χ2n) is 4.02. The lowest BCUT2D eigenvalue weighted by Gasteiger charge is -2.21. The fraction of sp³-hybridized carbons (Fsp3) is 0.636. The van der Waals surface area contributed by atoms with E-state index in [1.165, 1.54) is 12.8 Å². The summed E-state index contributed by atoms with van der Waals surface area (Å²) in [5.41, 5.74) is 2.72. The summed E-state index contributed by atoms with van der Waals surface area (Å²) in [5.74, 6) is 0.677. The molecule has 1 aliphatic heterocycles. The molecular weight excluding hydrogens is 254 g/mol. The molecule has 17 heavy (non-hydrogen) atoms. The van der Waals surface area contributed by atoms with Crippen molar-refractivity contribution < 1.29 is 4.79 Å². The number of rotatable bonds is 5. The average Bonchev–Trinajstić information content (AvgIpc) is 2.88. The zero-order chi connectivity index (χ0) is 11.9. The molecule has 0 unspecified atom stereocenters. The van der Waals surface area contributed by atoms with Crippen molar-refractivity contribution in [2.75, 3.05) is 18.8 Å². The van der Waals surface area contributed by atoms with Crippen molar-refractivity contribution in [1.82, 2.24) is 15.6 Å². The molecule has 0 atom stereocenters. The van der Waals surface area contributed by atoms with Crippen LogP contribution in [-0.2, 0) is 11.3 Å². The molecule has 4 nitrogen and oxygen atoms in total. The van der Waals surface area contributed by atoms with Crippen LogP contribution in [0, 0.1) is 0 Å². The molecule has 2 N–H and O–H groups in total. The van der Waals surface area contributed by atoms with E-state index in [0.717, 1.165) is 18.8 Å². The first kappa shape index (κ1) is 12.9. The summed E-state index contributed by atoms with van der Waals surface area (Å²) in [6.07, 6.45) is 2.34. The lowest BCUT2D eigenvalue weighted by molar-refractivity contribution is -0.118. The Balaban J connectivity index is 1.60. The quantitative estimate of drug-likeness (QED) is 0.846. The first-order valence-electron chi connectivity index (χ1n) is 5.80. The summed E-state index contributed by atoms with van der Waals surface area (Å²) >= 11 is 3.33. The summed E-state index contributed by atoms with van der Waals surface area (Å²) in [6.45, 7) is 2.71. The number of thiazole rings is 1. The van der Waals surface area contributed by atoms with E-state index < -0.39 is 0 Å². The standard InChI is InChI=1S/C11H17N3OS2/c15-11(13-5-9-6-16-8-14-9)7-17-10-1-3-12-4-2-10/h6,8,10,12H,1-5,7H2,(H,13,15). The third-order valence-electron chi connectivity index (χ3n) is 2.69. The van der Waals surface area contributed by atoms with E-state index >= 15 is 0 Å². The largest absolute Gasteiger partial charge is 0.350 e. The number of nitrogens with one attached hydrogen (secondary N) is 2. The predicted octanol–water partition coefficient (Wildman–Crippen LogP) is 1.24. The van der Waals surface area contributed by atoms with Crippen LogP contribution in [-0.4, -0.2) is 35.0 Å². The molecule has 2 rings (SSSR count). The van der Waals surface area contributed by atoms with Gasteiger partial charge >= 0.3 is 0 Å². The molecule has 1 aromatic rings. The van der Waals surface area contributed by atoms with E-state index in [1.54, 1.807) is 28.6 Å². The average molecular weight is 271 g/mol. The maximum Gasteiger partial charge on any atom is 0.230 e. The van der Waals surface area contributed by atoms with Crippen LogP contribution in [0.15, 0.2) is 10.9 Å². The van der Waals surface area contributed by atoms with Gasteiger partial charge in [-0.2, -0.15) is 0 Å². The molecule has 1 fully saturated rings. The Morgan fingerprint density at radius 2 is 2.41 bits per heavy atom. The molecule has 0 spiro atoms. The molecule has 0 bridgehead atoms. The summed E-state index contributed by atoms with van der Waals surface area (Å²) in [4.78, 5) is 15.7. The number of hydrogen-bond donors (Lipinski definition) is 2. The zero-order valence-electron chi connectivity index (χ0n) is 9.65. The second kappa shape index (κ2) is 6.98. The highest BCUT2D eigenvalue weighted by atomic mass is 32.2. The van der Waals surface area contributed by atoms with E-state index in [9.17, 15) is 4.79 Å². The molecule has 0 aromatic carbocycles. The monoisotopic (exact) mass is 271 g/mol. The Kier molecular flexibility index (Phi) is 5.28. The fourth-order valence-electron chi connectivity index (χ4n) is 1.72. The van der Waals surface area contributed by atoms with Crippen LogP contribution in [0.2, 0.25) is 0 Å². The molecule has 0 saturated carbocycles. The van der Waals surface area contributed by atoms with Gasteiger partial charge in [0.1, 0.15) is 0 Å². The minimum atomic E-state index is 0.113. The van der Waals surface area contributed by atoms with Crippen LogP contribution in [0.25, 0.3) is 0 Å². The number of carbonyl (C=O) groups excluding carboxylic acids is 1. The summed E-state index contributed by atoms with van der Waals surface area (Å²) in [7, 11) is 0. The van der Waals surface area contributed by atoms with Crippen LogP contribution in [0.5, 0.6) is 0 Å². The zero-order valence-corrected chi connectivity index (χ0v) is 11.3. The number of thioether (sulfide) groups is 1. The minimum absolute atomic E-state index is 0.113. The van der Waals surface area contributed by atoms with Gasteiger partial charge in [0.25, 0.3) is 0 Å². The number of aromatic nitrogens is 1. The Morgan fingerprint density at radius 1 is 1.59 bits per heavy atom. The maximum absolute atomic E-state index is 11.6. The van der Waals surface area contributed by atoms with Gasteiger partial charge in [0.05, 0.1) is 23.5 Å². The fourth-order valence-corrected chi connectivity index (χ4v) is 3.34. The van der Waals surface area contributed by atoms with Crippen molar-refractivity contribution in [2.45, 2.75) is 24.6 Å². The first-order chi connectivity index (χ1) is 8.34. The normalized spacial score (nSPS) is 16.9. The van der Waals surface area contributed by atoms with Gasteiger partial charge in [-0.15, -0.1) is 23.1 Å². The lowest BCUT2D eigenvalue weighted by atomic mass is 10.2. The lowest BCUT2D eigenvalue weighted by Crippen LogP contribution is -2.31. The smallest absolute Gasteiger partial charge is 0.230 e. The van der Waals surface area contributed by atoms with Gasteiger partial charge in [-0.3, -0.25) is 4.79 Å². The Hall–Kier alpha value is -0.590. The van der Waals surface area contributed by atoms with Gasteiger partial charge in [-0.25, -0.2) is 4.98 Å². The van der Waals surface area contributed by atoms with Crippen LogP contribution in [0.1, 0.15) is 18.5 Å². The van der Waals surface area contributed by atoms with Gasteiger partial charge in [0.15, 0.2) is 0 Å². The van der Waals surface area contributed by atoms with Crippen molar-refractivity contribution >= 4 is 29.0 Å². The molecule has 0 aliphatic carbocycles. The van der Waals surface area contributed by atoms with Gasteiger partial charge in [-0.1, -0.05) is 0 Å². The Bertz CT molecular complexity index is 336. The van der Waals surface area contributed by atoms with Crippen LogP contribution >= 0.6 is 23.1 Å². The van der Waals surface area contributed by atoms with Gasteiger partial charge in [0.2, 0.25) is 5.91 Å². The Labute approximate surface area is 110 Å². The predicted molar refractivity (Wildman–Crippen MR) is 72.3 cm³/mol. The summed E-state index contributed by atoms with van der Waals surface area (Å²) in [5, 5.41) is 8.82. The number of carbonyl (C=O) groups is 1. The van der Waals surface area contributed by atoms with Crippen molar-refractivity contribution in [2.24, 2.45) is 0 Å². The van der Waals surface area contributed by atoms with E-state index in [-0.39, 0.29) is 5.91 Å². The van der Waals surface area contributed by atoms with E-state index in [0.29, 0.717) is 17.5 Å². The molecule has 94 valence electrons. The van der Waals surface area contributed by atoms with Gasteiger partial charge in [0, 0.05) is 10.6 Å². The van der Waals surface area contributed by atoms with Gasteiger partial charge < -0.3 is 10.6 Å². The van der Waals surface area contributed by atoms with E-state index in [2.05, 4.69) is 15.6 Å². The molecular formula is C11H17N3OS2. The molecule has 1 aliphatic rings. The molecule has 1 aromatic heterocycles. The van der Waals surface area contributed by atoms with Crippen molar-refractivity contribution in [3.8, 4) is 0 Å². The number of amides is 1. The highest BCUT2D eigenvalue weighted by Gasteiger charge is 2.14. The SMILES string of the molecule is O=C(CSC1CCNCC1)NCc1cscn1. The van der Waals surface area contributed by atoms with Crippen molar-refractivity contribution in [3.63, 3.8) is 0 Å². The van der Waals surface area contributed by atoms with Crippen LogP contribution in [0.3, 0.4) is 0 Å². The maximum atomic E-state index is 11.6. The molecule has 0 radical (unpaired) electrons. The second-order valence-corrected chi connectivity index (χ2v) is 6.02. The third-order valence-corrected chi connectivity index (χ3v) is 4.69. The van der Waals surface area contributed by atoms with Crippen molar-refractivity contribution in [3.05, 3.63) is 16.6 Å². The summed E-state index contributed by atoms with van der Waals surface area (Å²) in [6, 6.07) is 0. The highest BCUT2D eigenvalue weighted by Crippen LogP contribution is 2.19. The van der Waals surface area contributed by atoms with Gasteiger partial charge in [-0.05, 0) is 25.9 Å². The van der Waals surface area contributed by atoms with Crippen LogP contribution in [0.4, 0.5) is 0 Å². The number of piperidine rings is 1.